The number of nitrogens with zero attached hydrogens (tertiary/aromatic N) is 3. The van der Waals surface area contributed by atoms with E-state index >= 15 is 0 Å². The van der Waals surface area contributed by atoms with Crippen molar-refractivity contribution < 1.29 is 49.5 Å². The minimum Gasteiger partial charge on any atom is -0.480 e. The van der Waals surface area contributed by atoms with Crippen molar-refractivity contribution in [2.75, 3.05) is 52.4 Å². The lowest BCUT2D eigenvalue weighted by molar-refractivity contribution is -0.144. The Morgan fingerprint density at radius 3 is 1.42 bits per heavy atom. The molecule has 1 atom stereocenters. The second-order valence-corrected chi connectivity index (χ2v) is 7.12. The molecule has 0 aliphatic heterocycles. The molecular weight excluding hydrogens is 418 g/mol. The Kier molecular flexibility index (Phi) is 13.7. The molecule has 0 spiro atoms. The molecule has 0 rings (SSSR count). The molecule has 0 saturated heterocycles. The highest BCUT2D eigenvalue weighted by Crippen LogP contribution is 2.12. The minimum atomic E-state index is -1.24. The Balaban J connectivity index is 5.47. The Hall–Kier alpha value is -2.77. The lowest BCUT2D eigenvalue weighted by atomic mass is 10.1. The number of unbranched alkanes of at least 4 members (excludes halogenated alkanes) is 1. The van der Waals surface area contributed by atoms with E-state index < -0.39 is 68.6 Å². The molecule has 0 aromatic carbocycles. The van der Waals surface area contributed by atoms with Crippen molar-refractivity contribution in [3.8, 4) is 0 Å². The first kappa shape index (κ1) is 28.2. The van der Waals surface area contributed by atoms with Crippen LogP contribution in [0, 0.1) is 0 Å². The van der Waals surface area contributed by atoms with E-state index in [9.17, 15) is 29.1 Å². The number of hydrogen-bond donors (Lipinski definition) is 5. The van der Waals surface area contributed by atoms with Gasteiger partial charge in [-0.3, -0.25) is 38.7 Å². The maximum Gasteiger partial charge on any atom is 0.317 e. The second-order valence-electron chi connectivity index (χ2n) is 7.12. The molecule has 0 aromatic heterocycles. The first-order valence-electron chi connectivity index (χ1n) is 9.72. The summed E-state index contributed by atoms with van der Waals surface area (Å²) in [4.78, 5) is 59.4. The van der Waals surface area contributed by atoms with Crippen LogP contribution in [0.2, 0.25) is 0 Å². The molecule has 178 valence electrons. The third-order valence-electron chi connectivity index (χ3n) is 4.36. The first-order valence-corrected chi connectivity index (χ1v) is 9.72. The highest BCUT2D eigenvalue weighted by atomic mass is 16.4. The molecule has 0 unspecified atom stereocenters. The number of hydrogen-bond acceptors (Lipinski definition) is 8. The molecule has 5 N–H and O–H groups in total. The van der Waals surface area contributed by atoms with Crippen molar-refractivity contribution in [3.05, 3.63) is 0 Å². The molecule has 31 heavy (non-hydrogen) atoms. The van der Waals surface area contributed by atoms with Crippen LogP contribution in [0.3, 0.4) is 0 Å². The smallest absolute Gasteiger partial charge is 0.317 e. The van der Waals surface area contributed by atoms with Crippen LogP contribution in [0.1, 0.15) is 26.2 Å². The fraction of sp³-hybridized carbons (Fsp3) is 0.722. The van der Waals surface area contributed by atoms with Gasteiger partial charge in [0.05, 0.1) is 32.7 Å². The summed E-state index contributed by atoms with van der Waals surface area (Å²) in [7, 11) is 0. The summed E-state index contributed by atoms with van der Waals surface area (Å²) in [6, 6.07) is -0.570. The Bertz CT molecular complexity index is 596. The zero-order chi connectivity index (χ0) is 24.0. The van der Waals surface area contributed by atoms with Gasteiger partial charge in [0.15, 0.2) is 0 Å². The standard InChI is InChI=1S/C18H31N3O10/c1-2-3-4-13(21(11-17(28)29)12-18(30)31)7-19(8-14(22)23)5-6-20(9-15(24)25)10-16(26)27/h13H,2-12H2,1H3,(H,22,23)(H,24,25)(H,26,27)(H,28,29)(H,30,31)/t13-/m0/s1. The van der Waals surface area contributed by atoms with Gasteiger partial charge in [0, 0.05) is 25.7 Å². The van der Waals surface area contributed by atoms with Crippen LogP contribution in [0.25, 0.3) is 0 Å². The van der Waals surface area contributed by atoms with Gasteiger partial charge in [0.1, 0.15) is 0 Å². The second kappa shape index (κ2) is 15.1. The zero-order valence-corrected chi connectivity index (χ0v) is 17.5. The van der Waals surface area contributed by atoms with Crippen molar-refractivity contribution in [2.24, 2.45) is 0 Å². The lowest BCUT2D eigenvalue weighted by Crippen LogP contribution is -2.50. The summed E-state index contributed by atoms with van der Waals surface area (Å²) in [6.45, 7) is -0.732. The van der Waals surface area contributed by atoms with Crippen molar-refractivity contribution >= 4 is 29.8 Å². The summed E-state index contributed by atoms with van der Waals surface area (Å²) in [5.41, 5.74) is 0. The molecule has 0 bridgehead atoms. The maximum absolute atomic E-state index is 11.3. The van der Waals surface area contributed by atoms with Gasteiger partial charge in [-0.2, -0.15) is 0 Å². The molecule has 0 radical (unpaired) electrons. The van der Waals surface area contributed by atoms with Gasteiger partial charge in [-0.15, -0.1) is 0 Å². The predicted molar refractivity (Wildman–Crippen MR) is 106 cm³/mol. The predicted octanol–water partition coefficient (Wildman–Crippen LogP) is -1.13. The normalized spacial score (nSPS) is 12.3. The number of aliphatic carboxylic acids is 5. The quantitative estimate of drug-likeness (QED) is 0.159. The number of rotatable bonds is 19. The average molecular weight is 449 g/mol. The van der Waals surface area contributed by atoms with Crippen molar-refractivity contribution in [3.63, 3.8) is 0 Å². The summed E-state index contributed by atoms with van der Waals surface area (Å²) >= 11 is 0. The minimum absolute atomic E-state index is 0.00344. The van der Waals surface area contributed by atoms with E-state index in [0.29, 0.717) is 12.8 Å². The Morgan fingerprint density at radius 1 is 0.645 bits per heavy atom. The van der Waals surface area contributed by atoms with Crippen molar-refractivity contribution in [1.29, 1.82) is 0 Å². The monoisotopic (exact) mass is 449 g/mol. The Morgan fingerprint density at radius 2 is 1.03 bits per heavy atom. The van der Waals surface area contributed by atoms with E-state index in [0.717, 1.165) is 11.3 Å². The number of carbonyl (C=O) groups is 5. The van der Waals surface area contributed by atoms with E-state index in [1.54, 1.807) is 0 Å². The molecule has 0 aliphatic carbocycles. The zero-order valence-electron chi connectivity index (χ0n) is 17.5. The van der Waals surface area contributed by atoms with Gasteiger partial charge < -0.3 is 25.5 Å². The molecule has 13 heteroatoms. The summed E-state index contributed by atoms with van der Waals surface area (Å²) in [5.74, 6) is -6.09. The number of carboxylic acids is 5. The van der Waals surface area contributed by atoms with Gasteiger partial charge in [-0.05, 0) is 6.42 Å². The first-order chi connectivity index (χ1) is 14.4. The highest BCUT2D eigenvalue weighted by molar-refractivity contribution is 5.73. The molecule has 13 nitrogen and oxygen atoms in total. The third-order valence-corrected chi connectivity index (χ3v) is 4.36. The van der Waals surface area contributed by atoms with E-state index in [-0.39, 0.29) is 19.6 Å². The topological polar surface area (TPSA) is 196 Å². The van der Waals surface area contributed by atoms with Gasteiger partial charge in [0.25, 0.3) is 0 Å². The average Bonchev–Trinajstić information content (AvgIpc) is 2.59. The largest absolute Gasteiger partial charge is 0.480 e. The maximum atomic E-state index is 11.3. The van der Waals surface area contributed by atoms with Crippen LogP contribution < -0.4 is 0 Å². The molecular formula is C18H31N3O10. The lowest BCUT2D eigenvalue weighted by Gasteiger charge is -2.34. The molecule has 0 fully saturated rings. The van der Waals surface area contributed by atoms with Crippen molar-refractivity contribution in [2.45, 2.75) is 32.2 Å². The van der Waals surface area contributed by atoms with E-state index in [1.165, 1.54) is 9.80 Å². The van der Waals surface area contributed by atoms with Gasteiger partial charge >= 0.3 is 29.8 Å². The molecule has 0 aliphatic rings. The summed E-state index contributed by atoms with van der Waals surface area (Å²) < 4.78 is 0. The van der Waals surface area contributed by atoms with E-state index in [4.69, 9.17) is 20.4 Å². The van der Waals surface area contributed by atoms with Crippen LogP contribution in [0.5, 0.6) is 0 Å². The fourth-order valence-electron chi connectivity index (χ4n) is 3.09. The van der Waals surface area contributed by atoms with Gasteiger partial charge in [-0.1, -0.05) is 19.8 Å². The van der Waals surface area contributed by atoms with Crippen LogP contribution >= 0.6 is 0 Å². The SMILES string of the molecule is CCCC[C@@H](CN(CCN(CC(=O)O)CC(=O)O)CC(=O)O)N(CC(=O)O)CC(=O)O. The van der Waals surface area contributed by atoms with Crippen molar-refractivity contribution in [1.82, 2.24) is 14.7 Å². The van der Waals surface area contributed by atoms with Crippen LogP contribution in [0.4, 0.5) is 0 Å². The van der Waals surface area contributed by atoms with Gasteiger partial charge in [-0.25, -0.2) is 0 Å². The summed E-state index contributed by atoms with van der Waals surface area (Å²) in [5, 5.41) is 45.3. The van der Waals surface area contributed by atoms with Crippen LogP contribution in [-0.4, -0.2) is 128 Å². The number of carboxylic acid groups (broad SMARTS) is 5. The molecule has 0 heterocycles. The fourth-order valence-corrected chi connectivity index (χ4v) is 3.09. The molecule has 0 aromatic rings. The highest BCUT2D eigenvalue weighted by Gasteiger charge is 2.26. The molecule has 0 amide bonds. The van der Waals surface area contributed by atoms with E-state index in [2.05, 4.69) is 0 Å². The van der Waals surface area contributed by atoms with Gasteiger partial charge in [0.2, 0.25) is 0 Å². The Labute approximate surface area is 179 Å². The van der Waals surface area contributed by atoms with Crippen LogP contribution in [-0.2, 0) is 24.0 Å². The van der Waals surface area contributed by atoms with E-state index in [1.807, 2.05) is 6.92 Å². The molecule has 0 saturated carbocycles. The van der Waals surface area contributed by atoms with Crippen LogP contribution in [0.15, 0.2) is 0 Å². The third kappa shape index (κ3) is 14.8. The summed E-state index contributed by atoms with van der Waals surface area (Å²) in [6.07, 6.45) is 1.85.